The normalized spacial score (nSPS) is 16.2. The maximum Gasteiger partial charge on any atom is 0.410 e. The third-order valence-corrected chi connectivity index (χ3v) is 6.53. The number of imidazole rings is 1. The lowest BCUT2D eigenvalue weighted by Crippen LogP contribution is -2.45. The van der Waals surface area contributed by atoms with Crippen LogP contribution in [0.3, 0.4) is 0 Å². The average molecular weight is 528 g/mol. The summed E-state index contributed by atoms with van der Waals surface area (Å²) in [5.41, 5.74) is 2.66. The highest BCUT2D eigenvalue weighted by molar-refractivity contribution is 5.98. The number of nitrogens with one attached hydrogen (secondary N) is 2. The molecule has 2 aromatic heterocycles. The Kier molecular flexibility index (Phi) is 7.19. The van der Waals surface area contributed by atoms with Crippen LogP contribution in [0.5, 0.6) is 0 Å². The Balaban J connectivity index is 1.30. The van der Waals surface area contributed by atoms with Crippen LogP contribution in [0.25, 0.3) is 16.9 Å². The van der Waals surface area contributed by atoms with Crippen LogP contribution in [-0.2, 0) is 9.53 Å². The van der Waals surface area contributed by atoms with Crippen LogP contribution < -0.4 is 10.6 Å². The topological polar surface area (TPSA) is 114 Å². The van der Waals surface area contributed by atoms with E-state index in [9.17, 15) is 9.59 Å². The lowest BCUT2D eigenvalue weighted by molar-refractivity contribution is -0.120. The van der Waals surface area contributed by atoms with E-state index in [1.165, 1.54) is 4.90 Å². The molecule has 4 aromatic rings. The van der Waals surface area contributed by atoms with Gasteiger partial charge < -0.3 is 15.4 Å². The summed E-state index contributed by atoms with van der Waals surface area (Å²) < 4.78 is 7.34. The van der Waals surface area contributed by atoms with E-state index in [0.29, 0.717) is 35.8 Å². The minimum atomic E-state index is -0.620. The number of hydrogen-bond donors (Lipinski definition) is 2. The first-order valence-corrected chi connectivity index (χ1v) is 13.1. The number of benzene rings is 2. The fraction of sp³-hybridized carbons (Fsp3) is 0.345. The largest absolute Gasteiger partial charge is 0.444 e. The molecule has 1 unspecified atom stereocenters. The van der Waals surface area contributed by atoms with Gasteiger partial charge in [0.05, 0.1) is 23.4 Å². The molecule has 0 radical (unpaired) electrons. The lowest BCUT2D eigenvalue weighted by atomic mass is 10.1. The third kappa shape index (κ3) is 6.00. The van der Waals surface area contributed by atoms with Crippen LogP contribution in [0.4, 0.5) is 16.3 Å². The molecule has 2 aromatic carbocycles. The van der Waals surface area contributed by atoms with E-state index < -0.39 is 17.7 Å². The fourth-order valence-corrected chi connectivity index (χ4v) is 4.67. The molecule has 2 amide bonds. The van der Waals surface area contributed by atoms with Crippen LogP contribution in [0.2, 0.25) is 0 Å². The van der Waals surface area contributed by atoms with Crippen molar-refractivity contribution in [2.24, 2.45) is 0 Å². The summed E-state index contributed by atoms with van der Waals surface area (Å²) in [6.45, 7) is 8.01. The molecule has 0 bridgehead atoms. The zero-order valence-corrected chi connectivity index (χ0v) is 22.6. The Morgan fingerprint density at radius 2 is 1.90 bits per heavy atom. The van der Waals surface area contributed by atoms with Gasteiger partial charge >= 0.3 is 6.09 Å². The summed E-state index contributed by atoms with van der Waals surface area (Å²) in [5.74, 6) is 1.04. The van der Waals surface area contributed by atoms with Crippen LogP contribution in [0, 0.1) is 0 Å². The highest BCUT2D eigenvalue weighted by Gasteiger charge is 2.36. The van der Waals surface area contributed by atoms with Crippen molar-refractivity contribution in [3.63, 3.8) is 0 Å². The van der Waals surface area contributed by atoms with Crippen molar-refractivity contribution in [3.05, 3.63) is 72.8 Å². The average Bonchev–Trinajstić information content (AvgIpc) is 3.56. The Labute approximate surface area is 227 Å². The van der Waals surface area contributed by atoms with E-state index in [1.54, 1.807) is 18.7 Å². The molecule has 0 aliphatic carbocycles. The predicted molar refractivity (Wildman–Crippen MR) is 150 cm³/mol. The van der Waals surface area contributed by atoms with E-state index in [4.69, 9.17) is 9.72 Å². The SMILES string of the molecule is CC(Nc1cncc(-n2cnc3cc(NC(=O)[C@@H]4CCCN4C(=O)OC(C)(C)C)ccc32)n1)c1ccccc1. The minimum Gasteiger partial charge on any atom is -0.444 e. The van der Waals surface area contributed by atoms with E-state index in [0.717, 1.165) is 17.5 Å². The molecule has 1 fully saturated rings. The molecule has 2 N–H and O–H groups in total. The van der Waals surface area contributed by atoms with Gasteiger partial charge in [-0.25, -0.2) is 14.8 Å². The number of carbonyl (C=O) groups is 2. The first-order chi connectivity index (χ1) is 18.7. The van der Waals surface area contributed by atoms with Crippen molar-refractivity contribution in [1.29, 1.82) is 0 Å². The summed E-state index contributed by atoms with van der Waals surface area (Å²) in [6.07, 6.45) is 5.93. The monoisotopic (exact) mass is 527 g/mol. The molecule has 39 heavy (non-hydrogen) atoms. The molecule has 0 saturated carbocycles. The van der Waals surface area contributed by atoms with Crippen molar-refractivity contribution in [2.45, 2.75) is 58.2 Å². The number of amides is 2. The quantitative estimate of drug-likeness (QED) is 0.348. The van der Waals surface area contributed by atoms with E-state index in [1.807, 2.05) is 61.7 Å². The van der Waals surface area contributed by atoms with E-state index >= 15 is 0 Å². The molecular weight excluding hydrogens is 494 g/mol. The van der Waals surface area contributed by atoms with Crippen LogP contribution in [0.15, 0.2) is 67.3 Å². The zero-order valence-electron chi connectivity index (χ0n) is 22.6. The highest BCUT2D eigenvalue weighted by Crippen LogP contribution is 2.25. The van der Waals surface area contributed by atoms with E-state index in [-0.39, 0.29) is 11.9 Å². The van der Waals surface area contributed by atoms with Gasteiger partial charge in [0.25, 0.3) is 0 Å². The number of fused-ring (bicyclic) bond motifs is 1. The van der Waals surface area contributed by atoms with Gasteiger partial charge in [-0.3, -0.25) is 19.2 Å². The lowest BCUT2D eigenvalue weighted by Gasteiger charge is -2.28. The number of hydrogen-bond acceptors (Lipinski definition) is 7. The Morgan fingerprint density at radius 1 is 1.10 bits per heavy atom. The molecule has 10 nitrogen and oxygen atoms in total. The number of rotatable bonds is 6. The maximum absolute atomic E-state index is 13.1. The smallest absolute Gasteiger partial charge is 0.410 e. The number of nitrogens with zero attached hydrogens (tertiary/aromatic N) is 5. The van der Waals surface area contributed by atoms with Crippen molar-refractivity contribution in [1.82, 2.24) is 24.4 Å². The first kappa shape index (κ1) is 26.1. The standard InChI is InChI=1S/C29H33N7O3/c1-19(20-9-6-5-7-10-20)32-25-16-30-17-26(34-25)36-18-31-22-15-21(12-13-23(22)36)33-27(37)24-11-8-14-35(24)28(38)39-29(2,3)4/h5-7,9-10,12-13,15-19,24H,8,11,14H2,1-4H3,(H,32,34)(H,33,37)/t19?,24-/m0/s1. The first-order valence-electron chi connectivity index (χ1n) is 13.1. The van der Waals surface area contributed by atoms with Gasteiger partial charge in [-0.2, -0.15) is 0 Å². The van der Waals surface area contributed by atoms with Crippen molar-refractivity contribution in [2.75, 3.05) is 17.2 Å². The summed E-state index contributed by atoms with van der Waals surface area (Å²) in [7, 11) is 0. The Bertz CT molecular complexity index is 1480. The molecule has 5 rings (SSSR count). The summed E-state index contributed by atoms with van der Waals surface area (Å²) in [6, 6.07) is 15.1. The number of ether oxygens (including phenoxy) is 1. The summed E-state index contributed by atoms with van der Waals surface area (Å²) >= 11 is 0. The second-order valence-corrected chi connectivity index (χ2v) is 10.7. The number of aromatic nitrogens is 4. The van der Waals surface area contributed by atoms with Gasteiger partial charge in [-0.1, -0.05) is 30.3 Å². The van der Waals surface area contributed by atoms with Crippen molar-refractivity contribution < 1.29 is 14.3 Å². The van der Waals surface area contributed by atoms with Gasteiger partial charge in [0.2, 0.25) is 5.91 Å². The van der Waals surface area contributed by atoms with Gasteiger partial charge in [0, 0.05) is 18.3 Å². The van der Waals surface area contributed by atoms with Crippen LogP contribution in [0.1, 0.15) is 52.1 Å². The number of anilines is 2. The molecule has 2 atom stereocenters. The van der Waals surface area contributed by atoms with Crippen LogP contribution >= 0.6 is 0 Å². The zero-order chi connectivity index (χ0) is 27.6. The van der Waals surface area contributed by atoms with Gasteiger partial charge in [-0.15, -0.1) is 0 Å². The molecule has 3 heterocycles. The molecule has 10 heteroatoms. The summed E-state index contributed by atoms with van der Waals surface area (Å²) in [5, 5.41) is 6.34. The highest BCUT2D eigenvalue weighted by atomic mass is 16.6. The summed E-state index contributed by atoms with van der Waals surface area (Å²) in [4.78, 5) is 40.8. The van der Waals surface area contributed by atoms with Gasteiger partial charge in [0.1, 0.15) is 23.8 Å². The molecule has 1 aliphatic rings. The van der Waals surface area contributed by atoms with Crippen molar-refractivity contribution in [3.8, 4) is 5.82 Å². The van der Waals surface area contributed by atoms with Crippen LogP contribution in [-0.4, -0.2) is 54.6 Å². The molecule has 1 aliphatic heterocycles. The molecular formula is C29H33N7O3. The molecule has 202 valence electrons. The second-order valence-electron chi connectivity index (χ2n) is 10.7. The van der Waals surface area contributed by atoms with Crippen molar-refractivity contribution >= 4 is 34.5 Å². The van der Waals surface area contributed by atoms with Gasteiger partial charge in [-0.05, 0) is 64.3 Å². The third-order valence-electron chi connectivity index (χ3n) is 6.53. The molecule has 1 saturated heterocycles. The fourth-order valence-electron chi connectivity index (χ4n) is 4.67. The minimum absolute atomic E-state index is 0.0626. The number of likely N-dealkylation sites (tertiary alicyclic amines) is 1. The number of carbonyl (C=O) groups excluding carboxylic acids is 2. The van der Waals surface area contributed by atoms with Gasteiger partial charge in [0.15, 0.2) is 5.82 Å². The van der Waals surface area contributed by atoms with E-state index in [2.05, 4.69) is 39.7 Å². The predicted octanol–water partition coefficient (Wildman–Crippen LogP) is 5.33. The second kappa shape index (κ2) is 10.7. The molecule has 0 spiro atoms. The Hall–Kier alpha value is -4.47. The Morgan fingerprint density at radius 3 is 2.67 bits per heavy atom. The maximum atomic E-state index is 13.1.